The maximum Gasteiger partial charge on any atom is 0.258 e. The molecular weight excluding hydrogens is 276 g/mol. The Labute approximate surface area is 130 Å². The van der Waals surface area contributed by atoms with E-state index in [0.717, 1.165) is 24.1 Å². The second-order valence-corrected chi connectivity index (χ2v) is 5.91. The predicted octanol–water partition coefficient (Wildman–Crippen LogP) is 3.43. The Bertz CT molecular complexity index is 663. The number of nitrogens with one attached hydrogen (secondary N) is 2. The van der Waals surface area contributed by atoms with Gasteiger partial charge in [0.15, 0.2) is 0 Å². The third-order valence-corrected chi connectivity index (χ3v) is 3.66. The SMILES string of the molecule is CC(C)c1ccccc1NC(=O)c1cnc(NC2CC2)nc1. The van der Waals surface area contributed by atoms with Crippen LogP contribution in [-0.4, -0.2) is 21.9 Å². The highest BCUT2D eigenvalue weighted by Gasteiger charge is 2.22. The summed E-state index contributed by atoms with van der Waals surface area (Å²) in [5.74, 6) is 0.741. The third kappa shape index (κ3) is 3.42. The van der Waals surface area contributed by atoms with Crippen LogP contribution in [-0.2, 0) is 0 Å². The minimum Gasteiger partial charge on any atom is -0.351 e. The average molecular weight is 296 g/mol. The van der Waals surface area contributed by atoms with Gasteiger partial charge in [-0.25, -0.2) is 9.97 Å². The number of carbonyl (C=O) groups is 1. The smallest absolute Gasteiger partial charge is 0.258 e. The summed E-state index contributed by atoms with van der Waals surface area (Å²) in [5.41, 5.74) is 2.41. The van der Waals surface area contributed by atoms with Crippen LogP contribution >= 0.6 is 0 Å². The van der Waals surface area contributed by atoms with E-state index in [2.05, 4.69) is 34.4 Å². The monoisotopic (exact) mass is 296 g/mol. The molecule has 2 N–H and O–H groups in total. The quantitative estimate of drug-likeness (QED) is 0.887. The van der Waals surface area contributed by atoms with Gasteiger partial charge in [0.1, 0.15) is 0 Å². The molecule has 5 heteroatoms. The van der Waals surface area contributed by atoms with Gasteiger partial charge in [0.25, 0.3) is 5.91 Å². The minimum absolute atomic E-state index is 0.189. The molecule has 0 spiro atoms. The van der Waals surface area contributed by atoms with E-state index in [1.807, 2.05) is 24.3 Å². The van der Waals surface area contributed by atoms with Crippen molar-refractivity contribution in [2.75, 3.05) is 10.6 Å². The second kappa shape index (κ2) is 6.13. The molecule has 1 aliphatic rings. The number of aromatic nitrogens is 2. The van der Waals surface area contributed by atoms with Gasteiger partial charge in [-0.3, -0.25) is 4.79 Å². The molecule has 0 atom stereocenters. The zero-order valence-corrected chi connectivity index (χ0v) is 12.8. The summed E-state index contributed by atoms with van der Waals surface area (Å²) in [6.07, 6.45) is 5.45. The third-order valence-electron chi connectivity index (χ3n) is 3.66. The Morgan fingerprint density at radius 1 is 1.18 bits per heavy atom. The van der Waals surface area contributed by atoms with Gasteiger partial charge in [-0.1, -0.05) is 32.0 Å². The molecule has 5 nitrogen and oxygen atoms in total. The number of anilines is 2. The average Bonchev–Trinajstić information content (AvgIpc) is 3.32. The molecule has 2 aromatic rings. The van der Waals surface area contributed by atoms with Gasteiger partial charge in [-0.15, -0.1) is 0 Å². The molecule has 1 heterocycles. The van der Waals surface area contributed by atoms with Gasteiger partial charge in [0.2, 0.25) is 5.95 Å². The van der Waals surface area contributed by atoms with Crippen LogP contribution in [0.25, 0.3) is 0 Å². The molecule has 1 amide bonds. The van der Waals surface area contributed by atoms with Crippen LogP contribution in [0.15, 0.2) is 36.7 Å². The van der Waals surface area contributed by atoms with Crippen LogP contribution in [0.5, 0.6) is 0 Å². The Morgan fingerprint density at radius 2 is 1.86 bits per heavy atom. The van der Waals surface area contributed by atoms with E-state index in [1.54, 1.807) is 12.4 Å². The number of benzene rings is 1. The predicted molar refractivity (Wildman–Crippen MR) is 87.2 cm³/mol. The number of amides is 1. The van der Waals surface area contributed by atoms with Gasteiger partial charge in [0, 0.05) is 24.1 Å². The Balaban J connectivity index is 1.71. The number of para-hydroxylation sites is 1. The van der Waals surface area contributed by atoms with Crippen molar-refractivity contribution in [2.45, 2.75) is 38.6 Å². The van der Waals surface area contributed by atoms with Crippen molar-refractivity contribution in [3.63, 3.8) is 0 Å². The molecule has 0 aliphatic heterocycles. The van der Waals surface area contributed by atoms with Crippen molar-refractivity contribution in [3.8, 4) is 0 Å². The molecule has 22 heavy (non-hydrogen) atoms. The largest absolute Gasteiger partial charge is 0.351 e. The highest BCUT2D eigenvalue weighted by Crippen LogP contribution is 2.24. The van der Waals surface area contributed by atoms with Crippen molar-refractivity contribution < 1.29 is 4.79 Å². The summed E-state index contributed by atoms with van der Waals surface area (Å²) in [6, 6.07) is 8.33. The highest BCUT2D eigenvalue weighted by molar-refractivity contribution is 6.04. The lowest BCUT2D eigenvalue weighted by Crippen LogP contribution is -2.15. The first kappa shape index (κ1) is 14.5. The molecule has 1 saturated carbocycles. The van der Waals surface area contributed by atoms with Crippen LogP contribution in [0.3, 0.4) is 0 Å². The molecule has 1 aromatic heterocycles. The fraction of sp³-hybridized carbons (Fsp3) is 0.353. The van der Waals surface area contributed by atoms with Gasteiger partial charge in [-0.05, 0) is 30.4 Å². The standard InChI is InChI=1S/C17H20N4O/c1-11(2)14-5-3-4-6-15(14)21-16(22)12-9-18-17(19-10-12)20-13-7-8-13/h3-6,9-11,13H,7-8H2,1-2H3,(H,21,22)(H,18,19,20). The van der Waals surface area contributed by atoms with E-state index in [-0.39, 0.29) is 5.91 Å². The lowest BCUT2D eigenvalue weighted by Gasteiger charge is -2.13. The Hall–Kier alpha value is -2.43. The summed E-state index contributed by atoms with van der Waals surface area (Å²) in [6.45, 7) is 4.21. The van der Waals surface area contributed by atoms with Crippen LogP contribution in [0.4, 0.5) is 11.6 Å². The Morgan fingerprint density at radius 3 is 2.50 bits per heavy atom. The minimum atomic E-state index is -0.189. The summed E-state index contributed by atoms with van der Waals surface area (Å²) < 4.78 is 0. The second-order valence-electron chi connectivity index (χ2n) is 5.91. The van der Waals surface area contributed by atoms with Gasteiger partial charge < -0.3 is 10.6 Å². The van der Waals surface area contributed by atoms with Gasteiger partial charge in [0.05, 0.1) is 5.56 Å². The molecule has 0 unspecified atom stereocenters. The number of hydrogen-bond acceptors (Lipinski definition) is 4. The molecule has 1 aliphatic carbocycles. The summed E-state index contributed by atoms with van der Waals surface area (Å²) in [7, 11) is 0. The first-order valence-electron chi connectivity index (χ1n) is 7.62. The zero-order valence-electron chi connectivity index (χ0n) is 12.8. The first-order chi connectivity index (χ1) is 10.6. The molecule has 114 valence electrons. The van der Waals surface area contributed by atoms with E-state index < -0.39 is 0 Å². The maximum atomic E-state index is 12.3. The molecule has 0 radical (unpaired) electrons. The normalized spacial score (nSPS) is 14.0. The molecule has 1 aromatic carbocycles. The van der Waals surface area contributed by atoms with Gasteiger partial charge in [-0.2, -0.15) is 0 Å². The van der Waals surface area contributed by atoms with Crippen LogP contribution in [0.2, 0.25) is 0 Å². The number of rotatable bonds is 5. The van der Waals surface area contributed by atoms with E-state index in [4.69, 9.17) is 0 Å². The van der Waals surface area contributed by atoms with Crippen LogP contribution in [0, 0.1) is 0 Å². The molecule has 0 saturated heterocycles. The van der Waals surface area contributed by atoms with Crippen LogP contribution < -0.4 is 10.6 Å². The first-order valence-corrected chi connectivity index (χ1v) is 7.62. The Kier molecular flexibility index (Phi) is 4.04. The topological polar surface area (TPSA) is 66.9 Å². The summed E-state index contributed by atoms with van der Waals surface area (Å²) in [5, 5.41) is 6.14. The van der Waals surface area contributed by atoms with Crippen molar-refractivity contribution in [3.05, 3.63) is 47.8 Å². The highest BCUT2D eigenvalue weighted by atomic mass is 16.1. The van der Waals surface area contributed by atoms with Crippen molar-refractivity contribution >= 4 is 17.5 Å². The zero-order chi connectivity index (χ0) is 15.5. The molecule has 1 fully saturated rings. The van der Waals surface area contributed by atoms with E-state index >= 15 is 0 Å². The molecular formula is C17H20N4O. The fourth-order valence-electron chi connectivity index (χ4n) is 2.24. The number of nitrogens with zero attached hydrogens (tertiary/aromatic N) is 2. The fourth-order valence-corrected chi connectivity index (χ4v) is 2.24. The molecule has 0 bridgehead atoms. The lowest BCUT2D eigenvalue weighted by molar-refractivity contribution is 0.102. The van der Waals surface area contributed by atoms with Crippen LogP contribution in [0.1, 0.15) is 48.5 Å². The number of carbonyl (C=O) groups excluding carboxylic acids is 1. The maximum absolute atomic E-state index is 12.3. The van der Waals surface area contributed by atoms with E-state index in [9.17, 15) is 4.79 Å². The number of hydrogen-bond donors (Lipinski definition) is 2. The summed E-state index contributed by atoms with van der Waals surface area (Å²) in [4.78, 5) is 20.7. The summed E-state index contributed by atoms with van der Waals surface area (Å²) >= 11 is 0. The van der Waals surface area contributed by atoms with Crippen molar-refractivity contribution in [1.82, 2.24) is 9.97 Å². The van der Waals surface area contributed by atoms with Crippen molar-refractivity contribution in [2.24, 2.45) is 0 Å². The lowest BCUT2D eigenvalue weighted by atomic mass is 10.0. The van der Waals surface area contributed by atoms with Gasteiger partial charge >= 0.3 is 0 Å². The van der Waals surface area contributed by atoms with E-state index in [1.165, 1.54) is 0 Å². The van der Waals surface area contributed by atoms with E-state index in [0.29, 0.717) is 23.5 Å². The molecule has 3 rings (SSSR count). The van der Waals surface area contributed by atoms with Crippen molar-refractivity contribution in [1.29, 1.82) is 0 Å².